The number of aryl methyl sites for hydroxylation is 2. The number of carbonyl (C=O) groups excluding carboxylic acids is 1. The molecule has 8 heteroatoms. The lowest BCUT2D eigenvalue weighted by molar-refractivity contribution is -0.119. The van der Waals surface area contributed by atoms with Gasteiger partial charge in [-0.15, -0.1) is 5.10 Å². The number of aromatic amines is 1. The van der Waals surface area contributed by atoms with E-state index in [1.807, 2.05) is 13.0 Å². The van der Waals surface area contributed by atoms with Gasteiger partial charge in [0, 0.05) is 6.61 Å². The standard InChI is InChI=1S/C19H26N4O3S/c1-12-6-7-15(9-13(12)2)14(3)20-17(24)11-27-19-22-21-18(25)23(19)10-16-5-4-8-26-16/h6-7,9,14,16H,4-5,8,10-11H2,1-3H3,(H,20,24)(H,21,25)/t14-,16+/m1/s1. The zero-order valence-corrected chi connectivity index (χ0v) is 16.8. The average Bonchev–Trinajstić information content (AvgIpc) is 3.27. The number of nitrogens with one attached hydrogen (secondary N) is 2. The number of hydrogen-bond donors (Lipinski definition) is 2. The van der Waals surface area contributed by atoms with Gasteiger partial charge in [0.25, 0.3) is 0 Å². The first-order valence-electron chi connectivity index (χ1n) is 9.20. The smallest absolute Gasteiger partial charge is 0.344 e. The predicted molar refractivity (Wildman–Crippen MR) is 105 cm³/mol. The van der Waals surface area contributed by atoms with Crippen LogP contribution < -0.4 is 11.0 Å². The van der Waals surface area contributed by atoms with Crippen LogP contribution in [0.15, 0.2) is 28.2 Å². The van der Waals surface area contributed by atoms with Gasteiger partial charge in [-0.2, -0.15) is 0 Å². The second-order valence-electron chi connectivity index (χ2n) is 6.98. The summed E-state index contributed by atoms with van der Waals surface area (Å²) in [6.45, 7) is 7.30. The maximum absolute atomic E-state index is 12.3. The summed E-state index contributed by atoms with van der Waals surface area (Å²) in [5, 5.41) is 10.0. The van der Waals surface area contributed by atoms with Crippen molar-refractivity contribution in [3.05, 3.63) is 45.4 Å². The zero-order chi connectivity index (χ0) is 19.4. The minimum atomic E-state index is -0.267. The number of amides is 1. The first kappa shape index (κ1) is 19.7. The fourth-order valence-electron chi connectivity index (χ4n) is 3.10. The molecule has 2 atom stereocenters. The Morgan fingerprint density at radius 3 is 2.96 bits per heavy atom. The molecule has 1 fully saturated rings. The van der Waals surface area contributed by atoms with Gasteiger partial charge in [-0.05, 0) is 50.3 Å². The lowest BCUT2D eigenvalue weighted by atomic mass is 10.0. The SMILES string of the molecule is Cc1ccc([C@@H](C)NC(=O)CSc2n[nH]c(=O)n2C[C@@H]2CCCO2)cc1C. The monoisotopic (exact) mass is 390 g/mol. The molecule has 0 aliphatic carbocycles. The van der Waals surface area contributed by atoms with Crippen molar-refractivity contribution < 1.29 is 9.53 Å². The fraction of sp³-hybridized carbons (Fsp3) is 0.526. The number of benzene rings is 1. The van der Waals surface area contributed by atoms with Gasteiger partial charge in [0.15, 0.2) is 5.16 Å². The number of ether oxygens (including phenoxy) is 1. The highest BCUT2D eigenvalue weighted by Gasteiger charge is 2.20. The van der Waals surface area contributed by atoms with Crippen LogP contribution in [-0.4, -0.2) is 39.1 Å². The van der Waals surface area contributed by atoms with Crippen LogP contribution in [0.5, 0.6) is 0 Å². The van der Waals surface area contributed by atoms with Crippen LogP contribution in [0, 0.1) is 13.8 Å². The largest absolute Gasteiger partial charge is 0.376 e. The Morgan fingerprint density at radius 2 is 2.26 bits per heavy atom. The molecule has 1 aliphatic rings. The van der Waals surface area contributed by atoms with Gasteiger partial charge >= 0.3 is 5.69 Å². The van der Waals surface area contributed by atoms with Crippen molar-refractivity contribution in [1.29, 1.82) is 0 Å². The molecule has 2 heterocycles. The molecule has 146 valence electrons. The Morgan fingerprint density at radius 1 is 1.44 bits per heavy atom. The van der Waals surface area contributed by atoms with Crippen LogP contribution in [0.3, 0.4) is 0 Å². The predicted octanol–water partition coefficient (Wildman–Crippen LogP) is 2.34. The van der Waals surface area contributed by atoms with E-state index in [-0.39, 0.29) is 29.5 Å². The van der Waals surface area contributed by atoms with Gasteiger partial charge in [-0.1, -0.05) is 30.0 Å². The van der Waals surface area contributed by atoms with E-state index >= 15 is 0 Å². The molecule has 1 aliphatic heterocycles. The number of carbonyl (C=O) groups is 1. The van der Waals surface area contributed by atoms with Crippen LogP contribution in [0.4, 0.5) is 0 Å². The van der Waals surface area contributed by atoms with E-state index in [1.165, 1.54) is 22.9 Å². The average molecular weight is 391 g/mol. The highest BCUT2D eigenvalue weighted by atomic mass is 32.2. The second kappa shape index (κ2) is 8.75. The fourth-order valence-corrected chi connectivity index (χ4v) is 3.86. The summed E-state index contributed by atoms with van der Waals surface area (Å²) in [5.41, 5.74) is 3.25. The number of thioether (sulfide) groups is 1. The molecular weight excluding hydrogens is 364 g/mol. The van der Waals surface area contributed by atoms with Crippen LogP contribution in [0.25, 0.3) is 0 Å². The van der Waals surface area contributed by atoms with Crippen LogP contribution >= 0.6 is 11.8 Å². The number of rotatable bonds is 7. The van der Waals surface area contributed by atoms with E-state index in [0.717, 1.165) is 25.0 Å². The molecule has 1 amide bonds. The first-order valence-corrected chi connectivity index (χ1v) is 10.2. The van der Waals surface area contributed by atoms with Gasteiger partial charge in [-0.3, -0.25) is 9.36 Å². The second-order valence-corrected chi connectivity index (χ2v) is 7.92. The lowest BCUT2D eigenvalue weighted by Crippen LogP contribution is -2.29. The summed E-state index contributed by atoms with van der Waals surface area (Å²) in [7, 11) is 0. The van der Waals surface area contributed by atoms with E-state index in [2.05, 4.69) is 41.5 Å². The molecule has 0 saturated carbocycles. The van der Waals surface area contributed by atoms with Crippen molar-refractivity contribution in [2.75, 3.05) is 12.4 Å². The van der Waals surface area contributed by atoms with Gasteiger partial charge in [0.2, 0.25) is 5.91 Å². The lowest BCUT2D eigenvalue weighted by Gasteiger charge is -2.16. The Hall–Kier alpha value is -2.06. The summed E-state index contributed by atoms with van der Waals surface area (Å²) in [6.07, 6.45) is 1.99. The minimum Gasteiger partial charge on any atom is -0.376 e. The van der Waals surface area contributed by atoms with E-state index < -0.39 is 0 Å². The summed E-state index contributed by atoms with van der Waals surface area (Å²) in [6, 6.07) is 6.12. The molecule has 2 N–H and O–H groups in total. The highest BCUT2D eigenvalue weighted by Crippen LogP contribution is 2.19. The molecule has 0 bridgehead atoms. The number of nitrogens with zero attached hydrogens (tertiary/aromatic N) is 2. The minimum absolute atomic E-state index is 0.0401. The van der Waals surface area contributed by atoms with Crippen molar-refractivity contribution in [3.63, 3.8) is 0 Å². The summed E-state index contributed by atoms with van der Waals surface area (Å²) >= 11 is 1.26. The number of aromatic nitrogens is 3. The van der Waals surface area contributed by atoms with Crippen molar-refractivity contribution in [1.82, 2.24) is 20.1 Å². The van der Waals surface area contributed by atoms with Gasteiger partial charge in [0.05, 0.1) is 24.4 Å². The summed E-state index contributed by atoms with van der Waals surface area (Å²) < 4.78 is 7.15. The summed E-state index contributed by atoms with van der Waals surface area (Å²) in [4.78, 5) is 24.3. The molecule has 1 aromatic carbocycles. The molecule has 27 heavy (non-hydrogen) atoms. The van der Waals surface area contributed by atoms with Gasteiger partial charge in [-0.25, -0.2) is 9.89 Å². The molecule has 0 radical (unpaired) electrons. The Labute approximate surface area is 162 Å². The maximum atomic E-state index is 12.3. The first-order chi connectivity index (χ1) is 12.9. The van der Waals surface area contributed by atoms with Crippen molar-refractivity contribution in [3.8, 4) is 0 Å². The van der Waals surface area contributed by atoms with Crippen molar-refractivity contribution in [2.45, 2.75) is 57.5 Å². The third-order valence-electron chi connectivity index (χ3n) is 4.87. The zero-order valence-electron chi connectivity index (χ0n) is 15.9. The van der Waals surface area contributed by atoms with Crippen molar-refractivity contribution in [2.24, 2.45) is 0 Å². The van der Waals surface area contributed by atoms with E-state index in [1.54, 1.807) is 4.57 Å². The molecule has 1 aromatic heterocycles. The number of hydrogen-bond acceptors (Lipinski definition) is 5. The highest BCUT2D eigenvalue weighted by molar-refractivity contribution is 7.99. The topological polar surface area (TPSA) is 89.0 Å². The number of H-pyrrole nitrogens is 1. The summed E-state index contributed by atoms with van der Waals surface area (Å²) in [5.74, 6) is 0.107. The van der Waals surface area contributed by atoms with Gasteiger partial charge in [0.1, 0.15) is 0 Å². The third-order valence-corrected chi connectivity index (χ3v) is 5.85. The Balaban J connectivity index is 1.56. The van der Waals surface area contributed by atoms with Gasteiger partial charge < -0.3 is 10.1 Å². The molecular formula is C19H26N4O3S. The maximum Gasteiger partial charge on any atom is 0.344 e. The van der Waals surface area contributed by atoms with Crippen LogP contribution in [0.1, 0.15) is 42.5 Å². The molecule has 3 rings (SSSR count). The Kier molecular flexibility index (Phi) is 6.38. The molecule has 1 saturated heterocycles. The molecule has 2 aromatic rings. The molecule has 0 unspecified atom stereocenters. The van der Waals surface area contributed by atoms with E-state index in [0.29, 0.717) is 11.7 Å². The van der Waals surface area contributed by atoms with Crippen LogP contribution in [0.2, 0.25) is 0 Å². The van der Waals surface area contributed by atoms with Crippen LogP contribution in [-0.2, 0) is 16.1 Å². The Bertz CT molecular complexity index is 855. The molecule has 0 spiro atoms. The molecule has 7 nitrogen and oxygen atoms in total. The van der Waals surface area contributed by atoms with E-state index in [9.17, 15) is 9.59 Å². The van der Waals surface area contributed by atoms with Crippen molar-refractivity contribution >= 4 is 17.7 Å². The normalized spacial score (nSPS) is 17.8. The third kappa shape index (κ3) is 5.01. The quantitative estimate of drug-likeness (QED) is 0.709. The van der Waals surface area contributed by atoms with E-state index in [4.69, 9.17) is 4.74 Å².